The van der Waals surface area contributed by atoms with Gasteiger partial charge in [-0.05, 0) is 33.2 Å². The monoisotopic (exact) mass is 160 g/mol. The minimum Gasteiger partial charge on any atom is -0.373 e. The molecular weight excluding hydrogens is 144 g/mol. The molecule has 0 fully saturated rings. The summed E-state index contributed by atoms with van der Waals surface area (Å²) in [6.07, 6.45) is 1.52. The van der Waals surface area contributed by atoms with Crippen molar-refractivity contribution in [1.82, 2.24) is 0 Å². The Hall–Kier alpha value is -0.610. The molecule has 0 aliphatic heterocycles. The summed E-state index contributed by atoms with van der Waals surface area (Å²) in [5.74, 6) is 4.37. The maximum absolute atomic E-state index is 11.0. The molecule has 0 unspecified atom stereocenters. The molecule has 66 valence electrons. The SMILES string of the molecule is CC(C)(CCCN)C(=O)ON. The van der Waals surface area contributed by atoms with Crippen LogP contribution in [-0.2, 0) is 9.63 Å². The van der Waals surface area contributed by atoms with Gasteiger partial charge in [-0.1, -0.05) is 0 Å². The molecule has 11 heavy (non-hydrogen) atoms. The summed E-state index contributed by atoms with van der Waals surface area (Å²) in [6.45, 7) is 4.16. The van der Waals surface area contributed by atoms with E-state index in [0.717, 1.165) is 6.42 Å². The van der Waals surface area contributed by atoms with Crippen LogP contribution in [0.1, 0.15) is 26.7 Å². The van der Waals surface area contributed by atoms with Crippen LogP contribution in [0.25, 0.3) is 0 Å². The zero-order chi connectivity index (χ0) is 8.91. The van der Waals surface area contributed by atoms with Crippen LogP contribution in [0.3, 0.4) is 0 Å². The zero-order valence-corrected chi connectivity index (χ0v) is 7.09. The molecule has 4 nitrogen and oxygen atoms in total. The number of carbonyl (C=O) groups is 1. The Balaban J connectivity index is 3.88. The van der Waals surface area contributed by atoms with E-state index in [4.69, 9.17) is 11.6 Å². The van der Waals surface area contributed by atoms with Gasteiger partial charge >= 0.3 is 5.97 Å². The van der Waals surface area contributed by atoms with E-state index in [1.54, 1.807) is 13.8 Å². The Kier molecular flexibility index (Phi) is 4.07. The Morgan fingerprint density at radius 2 is 2.09 bits per heavy atom. The van der Waals surface area contributed by atoms with E-state index in [9.17, 15) is 4.79 Å². The molecule has 0 aliphatic rings. The lowest BCUT2D eigenvalue weighted by molar-refractivity contribution is -0.154. The van der Waals surface area contributed by atoms with Gasteiger partial charge in [0.15, 0.2) is 0 Å². The van der Waals surface area contributed by atoms with Crippen molar-refractivity contribution < 1.29 is 9.63 Å². The summed E-state index contributed by atoms with van der Waals surface area (Å²) in [4.78, 5) is 15.1. The first-order valence-electron chi connectivity index (χ1n) is 3.66. The van der Waals surface area contributed by atoms with Crippen molar-refractivity contribution in [3.63, 3.8) is 0 Å². The third kappa shape index (κ3) is 3.34. The minimum absolute atomic E-state index is 0.383. The van der Waals surface area contributed by atoms with Crippen molar-refractivity contribution in [3.05, 3.63) is 0 Å². The summed E-state index contributed by atoms with van der Waals surface area (Å²) in [5, 5.41) is 0. The Labute approximate surface area is 66.8 Å². The van der Waals surface area contributed by atoms with Crippen molar-refractivity contribution in [1.29, 1.82) is 0 Å². The van der Waals surface area contributed by atoms with Crippen LogP contribution in [0.4, 0.5) is 0 Å². The second kappa shape index (κ2) is 4.31. The van der Waals surface area contributed by atoms with E-state index in [1.165, 1.54) is 0 Å². The minimum atomic E-state index is -0.506. The van der Waals surface area contributed by atoms with Gasteiger partial charge in [0.1, 0.15) is 0 Å². The van der Waals surface area contributed by atoms with Crippen LogP contribution >= 0.6 is 0 Å². The molecule has 0 saturated heterocycles. The molecule has 0 bridgehead atoms. The molecular formula is C7H16N2O2. The number of hydrogen-bond acceptors (Lipinski definition) is 4. The summed E-state index contributed by atoms with van der Waals surface area (Å²) < 4.78 is 0. The normalized spacial score (nSPS) is 11.3. The van der Waals surface area contributed by atoms with E-state index in [0.29, 0.717) is 13.0 Å². The maximum Gasteiger partial charge on any atom is 0.329 e. The van der Waals surface area contributed by atoms with Crippen LogP contribution in [-0.4, -0.2) is 12.5 Å². The molecule has 0 saturated carbocycles. The molecule has 0 rings (SSSR count). The van der Waals surface area contributed by atoms with Gasteiger partial charge in [-0.25, -0.2) is 4.79 Å². The molecule has 0 aliphatic carbocycles. The second-order valence-corrected chi connectivity index (χ2v) is 3.18. The molecule has 0 aromatic carbocycles. The van der Waals surface area contributed by atoms with Gasteiger partial charge in [-0.3, -0.25) is 0 Å². The smallest absolute Gasteiger partial charge is 0.329 e. The van der Waals surface area contributed by atoms with E-state index in [1.807, 2.05) is 0 Å². The van der Waals surface area contributed by atoms with Gasteiger partial charge in [-0.15, -0.1) is 0 Å². The predicted molar refractivity (Wildman–Crippen MR) is 42.3 cm³/mol. The van der Waals surface area contributed by atoms with Gasteiger partial charge < -0.3 is 10.6 Å². The Bertz CT molecular complexity index is 134. The van der Waals surface area contributed by atoms with Gasteiger partial charge in [0.2, 0.25) is 0 Å². The van der Waals surface area contributed by atoms with Crippen molar-refractivity contribution in [2.75, 3.05) is 6.54 Å². The second-order valence-electron chi connectivity index (χ2n) is 3.18. The van der Waals surface area contributed by atoms with Gasteiger partial charge in [-0.2, -0.15) is 5.90 Å². The first-order chi connectivity index (χ1) is 5.04. The van der Waals surface area contributed by atoms with E-state index in [-0.39, 0.29) is 5.97 Å². The van der Waals surface area contributed by atoms with Crippen LogP contribution in [0.5, 0.6) is 0 Å². The standard InChI is InChI=1S/C7H16N2O2/c1-7(2,4-3-5-8)6(10)11-9/h3-5,8-9H2,1-2H3. The highest BCUT2D eigenvalue weighted by Crippen LogP contribution is 2.22. The molecule has 0 radical (unpaired) electrons. The highest BCUT2D eigenvalue weighted by Gasteiger charge is 2.28. The predicted octanol–water partition coefficient (Wildman–Crippen LogP) is 0.168. The lowest BCUT2D eigenvalue weighted by Gasteiger charge is -2.19. The fraction of sp³-hybridized carbons (Fsp3) is 0.857. The number of hydrogen-bond donors (Lipinski definition) is 2. The average Bonchev–Trinajstić information content (AvgIpc) is 1.99. The Morgan fingerprint density at radius 3 is 2.45 bits per heavy atom. The molecule has 4 N–H and O–H groups in total. The fourth-order valence-electron chi connectivity index (χ4n) is 0.806. The topological polar surface area (TPSA) is 78.3 Å². The number of nitrogens with two attached hydrogens (primary N) is 2. The molecule has 4 heteroatoms. The number of rotatable bonds is 4. The lowest BCUT2D eigenvalue weighted by atomic mass is 9.88. The third-order valence-corrected chi connectivity index (χ3v) is 1.67. The van der Waals surface area contributed by atoms with Crippen molar-refractivity contribution >= 4 is 5.97 Å². The summed E-state index contributed by atoms with van der Waals surface area (Å²) in [6, 6.07) is 0. The lowest BCUT2D eigenvalue weighted by Crippen LogP contribution is -2.29. The van der Waals surface area contributed by atoms with Crippen molar-refractivity contribution in [3.8, 4) is 0 Å². The molecule has 0 amide bonds. The summed E-state index contributed by atoms with van der Waals surface area (Å²) >= 11 is 0. The van der Waals surface area contributed by atoms with E-state index >= 15 is 0 Å². The first-order valence-corrected chi connectivity index (χ1v) is 3.66. The van der Waals surface area contributed by atoms with Gasteiger partial charge in [0, 0.05) is 0 Å². The van der Waals surface area contributed by atoms with Crippen LogP contribution in [0.15, 0.2) is 0 Å². The third-order valence-electron chi connectivity index (χ3n) is 1.67. The van der Waals surface area contributed by atoms with Gasteiger partial charge in [0.05, 0.1) is 5.41 Å². The molecule has 0 spiro atoms. The van der Waals surface area contributed by atoms with Crippen LogP contribution in [0.2, 0.25) is 0 Å². The highest BCUT2D eigenvalue weighted by atomic mass is 16.7. The van der Waals surface area contributed by atoms with Crippen LogP contribution < -0.4 is 11.6 Å². The van der Waals surface area contributed by atoms with Crippen molar-refractivity contribution in [2.24, 2.45) is 17.0 Å². The molecule has 0 heterocycles. The van der Waals surface area contributed by atoms with Crippen LogP contribution in [0, 0.1) is 5.41 Å². The van der Waals surface area contributed by atoms with Crippen molar-refractivity contribution in [2.45, 2.75) is 26.7 Å². The maximum atomic E-state index is 11.0. The van der Waals surface area contributed by atoms with E-state index in [2.05, 4.69) is 4.84 Å². The first kappa shape index (κ1) is 10.4. The quantitative estimate of drug-likeness (QED) is 0.574. The molecule has 0 atom stereocenters. The zero-order valence-electron chi connectivity index (χ0n) is 7.09. The van der Waals surface area contributed by atoms with E-state index < -0.39 is 5.41 Å². The Morgan fingerprint density at radius 1 is 1.55 bits per heavy atom. The largest absolute Gasteiger partial charge is 0.373 e. The molecule has 0 aromatic heterocycles. The molecule has 0 aromatic rings. The summed E-state index contributed by atoms with van der Waals surface area (Å²) in [7, 11) is 0. The number of carbonyl (C=O) groups excluding carboxylic acids is 1. The highest BCUT2D eigenvalue weighted by molar-refractivity contribution is 5.75. The average molecular weight is 160 g/mol. The summed E-state index contributed by atoms with van der Waals surface area (Å²) in [5.41, 5.74) is 4.79. The van der Waals surface area contributed by atoms with Gasteiger partial charge in [0.25, 0.3) is 0 Å². The fourth-order valence-corrected chi connectivity index (χ4v) is 0.806.